The molecule has 3 aromatic rings. The van der Waals surface area contributed by atoms with Gasteiger partial charge in [0.2, 0.25) is 13.1 Å². The summed E-state index contributed by atoms with van der Waals surface area (Å²) in [6, 6.07) is 15.5. The number of hydrogen-bond acceptors (Lipinski definition) is 8. The molecule has 3 aliphatic rings. The van der Waals surface area contributed by atoms with E-state index < -0.39 is 36.4 Å². The molecule has 0 amide bonds. The Morgan fingerprint density at radius 3 is 1.81 bits per heavy atom. The summed E-state index contributed by atoms with van der Waals surface area (Å²) in [6.45, 7) is 2.79. The number of benzene rings is 1. The molecule has 10 heteroatoms. The Morgan fingerprint density at radius 1 is 0.729 bits per heavy atom. The van der Waals surface area contributed by atoms with Crippen molar-refractivity contribution >= 4 is 17.9 Å². The van der Waals surface area contributed by atoms with Crippen LogP contribution in [0, 0.1) is 5.92 Å². The van der Waals surface area contributed by atoms with Crippen LogP contribution in [0.15, 0.2) is 73.3 Å². The van der Waals surface area contributed by atoms with Crippen molar-refractivity contribution in [1.29, 1.82) is 0 Å². The number of carbonyl (C=O) groups is 3. The Balaban J connectivity index is 0.950. The second kappa shape index (κ2) is 15.8. The highest BCUT2D eigenvalue weighted by molar-refractivity contribution is 5.89. The topological polar surface area (TPSA) is 105 Å². The maximum atomic E-state index is 13.0. The van der Waals surface area contributed by atoms with Crippen molar-refractivity contribution in [1.82, 2.24) is 0 Å². The van der Waals surface area contributed by atoms with Gasteiger partial charge in [-0.3, -0.25) is 0 Å². The average Bonchev–Trinajstić information content (AvgIpc) is 3.71. The zero-order valence-corrected chi connectivity index (χ0v) is 27.8. The highest BCUT2D eigenvalue weighted by Gasteiger charge is 2.51. The quantitative estimate of drug-likeness (QED) is 0.159. The highest BCUT2D eigenvalue weighted by Crippen LogP contribution is 2.38. The van der Waals surface area contributed by atoms with Crippen LogP contribution in [0.2, 0.25) is 0 Å². The lowest BCUT2D eigenvalue weighted by molar-refractivity contribution is -0.686. The molecular weight excluding hydrogens is 612 g/mol. The molecule has 0 radical (unpaired) electrons. The van der Waals surface area contributed by atoms with Crippen molar-refractivity contribution in [3.05, 3.63) is 84.4 Å². The molecule has 10 nitrogen and oxygen atoms in total. The van der Waals surface area contributed by atoms with Gasteiger partial charge in [0.25, 0.3) is 0 Å². The summed E-state index contributed by atoms with van der Waals surface area (Å²) in [7, 11) is 1.36. The van der Waals surface area contributed by atoms with Gasteiger partial charge in [-0.1, -0.05) is 38.3 Å². The number of fused-ring (bicyclic) bond motifs is 1. The minimum Gasteiger partial charge on any atom is -0.464 e. The number of carbonyl (C=O) groups excluding carboxylic acids is 3. The summed E-state index contributed by atoms with van der Waals surface area (Å²) in [5, 5.41) is 0. The number of nitrogens with zero attached hydrogens (tertiary/aromatic N) is 2. The van der Waals surface area contributed by atoms with Gasteiger partial charge in [0.05, 0.1) is 25.9 Å². The first kappa shape index (κ1) is 33.7. The fraction of sp³-hybridized carbons (Fsp3) is 0.500. The fourth-order valence-corrected chi connectivity index (χ4v) is 7.08. The third kappa shape index (κ3) is 8.28. The Hall–Kier alpha value is -4.15. The van der Waals surface area contributed by atoms with E-state index in [9.17, 15) is 14.4 Å². The number of unbranched alkanes of at least 4 members (excludes halogenated alkanes) is 1. The van der Waals surface area contributed by atoms with Crippen LogP contribution in [0.3, 0.4) is 0 Å². The predicted molar refractivity (Wildman–Crippen MR) is 174 cm³/mol. The molecule has 254 valence electrons. The zero-order chi connectivity index (χ0) is 33.5. The van der Waals surface area contributed by atoms with Gasteiger partial charge in [-0.15, -0.1) is 0 Å². The van der Waals surface area contributed by atoms with Crippen LogP contribution in [0.4, 0.5) is 0 Å². The summed E-state index contributed by atoms with van der Waals surface area (Å²) in [5.41, 5.74) is 3.75. The Morgan fingerprint density at radius 2 is 1.27 bits per heavy atom. The van der Waals surface area contributed by atoms with E-state index in [1.165, 1.54) is 57.6 Å². The molecule has 0 spiro atoms. The molecule has 4 atom stereocenters. The van der Waals surface area contributed by atoms with E-state index in [2.05, 4.69) is 19.1 Å². The molecule has 1 aliphatic carbocycles. The van der Waals surface area contributed by atoms with Crippen molar-refractivity contribution in [3.8, 4) is 11.1 Å². The van der Waals surface area contributed by atoms with E-state index in [1.807, 2.05) is 61.2 Å². The number of pyridine rings is 2. The van der Waals surface area contributed by atoms with Crippen molar-refractivity contribution in [3.63, 3.8) is 0 Å². The Labute approximate surface area is 281 Å². The summed E-state index contributed by atoms with van der Waals surface area (Å²) in [6.07, 6.45) is 14.1. The molecule has 0 bridgehead atoms. The van der Waals surface area contributed by atoms with Crippen molar-refractivity contribution in [2.75, 3.05) is 20.3 Å². The van der Waals surface area contributed by atoms with Gasteiger partial charge in [-0.05, 0) is 66.3 Å². The number of rotatable bonds is 12. The van der Waals surface area contributed by atoms with Gasteiger partial charge < -0.3 is 23.7 Å². The lowest BCUT2D eigenvalue weighted by Gasteiger charge is -2.29. The number of hydrogen-bond donors (Lipinski definition) is 0. The Kier molecular flexibility index (Phi) is 11.1. The summed E-state index contributed by atoms with van der Waals surface area (Å²) in [5.74, 6) is 0.292. The maximum absolute atomic E-state index is 13.0. The summed E-state index contributed by atoms with van der Waals surface area (Å²) >= 11 is 0. The normalized spacial score (nSPS) is 24.9. The van der Waals surface area contributed by atoms with E-state index in [4.69, 9.17) is 23.7 Å². The van der Waals surface area contributed by atoms with Crippen molar-refractivity contribution < 1.29 is 47.2 Å². The van der Waals surface area contributed by atoms with E-state index in [0.717, 1.165) is 17.0 Å². The largest absolute Gasteiger partial charge is 0.464 e. The third-order valence-electron chi connectivity index (χ3n) is 9.90. The van der Waals surface area contributed by atoms with Gasteiger partial charge in [0, 0.05) is 24.3 Å². The van der Waals surface area contributed by atoms with Crippen LogP contribution in [-0.4, -0.2) is 62.6 Å². The number of ether oxygens (including phenoxy) is 5. The lowest BCUT2D eigenvalue weighted by atomic mass is 9.77. The molecule has 2 saturated heterocycles. The molecule has 48 heavy (non-hydrogen) atoms. The predicted octanol–water partition coefficient (Wildman–Crippen LogP) is 4.50. The van der Waals surface area contributed by atoms with E-state index in [1.54, 1.807) is 9.13 Å². The van der Waals surface area contributed by atoms with Crippen molar-refractivity contribution in [2.24, 2.45) is 5.92 Å². The molecule has 2 aliphatic heterocycles. The molecule has 1 aromatic carbocycles. The monoisotopic (exact) mass is 658 g/mol. The molecule has 4 unspecified atom stereocenters. The first-order chi connectivity index (χ1) is 23.4. The van der Waals surface area contributed by atoms with Gasteiger partial charge in [0.1, 0.15) is 12.2 Å². The molecule has 1 saturated carbocycles. The maximum Gasteiger partial charge on any atom is 0.373 e. The molecule has 6 rings (SSSR count). The highest BCUT2D eigenvalue weighted by atomic mass is 16.7. The average molecular weight is 659 g/mol. The fourth-order valence-electron chi connectivity index (χ4n) is 7.08. The van der Waals surface area contributed by atoms with Crippen LogP contribution in [0.1, 0.15) is 73.7 Å². The van der Waals surface area contributed by atoms with Crippen LogP contribution >= 0.6 is 0 Å². The molecule has 3 fully saturated rings. The third-order valence-corrected chi connectivity index (χ3v) is 9.90. The number of aromatic nitrogens is 2. The van der Waals surface area contributed by atoms with Gasteiger partial charge >= 0.3 is 17.9 Å². The van der Waals surface area contributed by atoms with Gasteiger partial charge in [-0.2, -0.15) is 9.13 Å². The van der Waals surface area contributed by atoms with E-state index in [-0.39, 0.29) is 32.3 Å². The van der Waals surface area contributed by atoms with E-state index >= 15 is 0 Å². The standard InChI is InChI=1S/C38H46N2O8/c1-3-4-5-26-6-8-27(9-7-26)28-10-12-31(13-11-28)38(43)48-33-25-46-36-32(24-45-37(33)36)47-35(42)23-40-20-16-30(17-21-40)29-14-18-39(19-15-29)22-34(41)44-2/h10-21,26-27,32-33,36-37H,3-9,22-25H2,1-2H3/q+2. The molecule has 2 aromatic heterocycles. The van der Waals surface area contributed by atoms with Crippen LogP contribution in [0.25, 0.3) is 11.1 Å². The molecule has 0 N–H and O–H groups in total. The number of esters is 3. The van der Waals surface area contributed by atoms with Gasteiger partial charge in [-0.25, -0.2) is 14.4 Å². The summed E-state index contributed by atoms with van der Waals surface area (Å²) < 4.78 is 31.6. The van der Waals surface area contributed by atoms with Crippen LogP contribution < -0.4 is 9.13 Å². The minimum absolute atomic E-state index is 0.0246. The zero-order valence-electron chi connectivity index (χ0n) is 27.8. The SMILES string of the molecule is CCCCC1CCC(c2ccc(C(=O)OC3COC4C(OC(=O)C[n+]5ccc(-c6cc[n+](CC(=O)OC)cc6)cc5)COC34)cc2)CC1. The van der Waals surface area contributed by atoms with Crippen LogP contribution in [-0.2, 0) is 46.4 Å². The minimum atomic E-state index is -0.580. The Bertz CT molecular complexity index is 1530. The first-order valence-corrected chi connectivity index (χ1v) is 17.2. The second-order valence-electron chi connectivity index (χ2n) is 13.1. The second-order valence-corrected chi connectivity index (χ2v) is 13.1. The summed E-state index contributed by atoms with van der Waals surface area (Å²) in [4.78, 5) is 37.3. The van der Waals surface area contributed by atoms with Crippen molar-refractivity contribution in [2.45, 2.75) is 95.3 Å². The molecular formula is C38H46N2O8+2. The van der Waals surface area contributed by atoms with E-state index in [0.29, 0.717) is 11.5 Å². The molecule has 4 heterocycles. The lowest BCUT2D eigenvalue weighted by Crippen LogP contribution is -2.41. The first-order valence-electron chi connectivity index (χ1n) is 17.2. The smallest absolute Gasteiger partial charge is 0.373 e. The number of methoxy groups -OCH3 is 1. The van der Waals surface area contributed by atoms with Crippen LogP contribution in [0.5, 0.6) is 0 Å². The van der Waals surface area contributed by atoms with Gasteiger partial charge in [0.15, 0.2) is 37.0 Å².